The number of benzene rings is 2. The molecule has 0 spiro atoms. The second-order valence-electron chi connectivity index (χ2n) is 6.06. The number of hydrogen-bond donors (Lipinski definition) is 0. The average molecular weight is 532 g/mol. The summed E-state index contributed by atoms with van der Waals surface area (Å²) in [5.74, 6) is -2.37. The fourth-order valence-corrected chi connectivity index (χ4v) is 4.15. The minimum absolute atomic E-state index is 0.0373. The lowest BCUT2D eigenvalue weighted by Gasteiger charge is -2.22. The second kappa shape index (κ2) is 8.98. The van der Waals surface area contributed by atoms with Gasteiger partial charge in [-0.05, 0) is 23.3 Å². The second-order valence-corrected chi connectivity index (χ2v) is 7.36. The summed E-state index contributed by atoms with van der Waals surface area (Å²) in [5, 5.41) is 0.0746. The lowest BCUT2D eigenvalue weighted by Crippen LogP contribution is -2.24. The van der Waals surface area contributed by atoms with Gasteiger partial charge in [0.25, 0.3) is 0 Å². The molecule has 0 aromatic heterocycles. The van der Waals surface area contributed by atoms with Gasteiger partial charge in [-0.1, -0.05) is 68.3 Å². The molecular weight excluding hydrogens is 518 g/mol. The Bertz CT molecular complexity index is 764. The van der Waals surface area contributed by atoms with E-state index in [9.17, 15) is 31.1 Å². The van der Waals surface area contributed by atoms with Crippen molar-refractivity contribution < 1.29 is 31.1 Å². The van der Waals surface area contributed by atoms with E-state index in [0.717, 1.165) is 24.3 Å². The van der Waals surface area contributed by atoms with Crippen LogP contribution >= 0.6 is 31.9 Å². The monoisotopic (exact) mass is 530 g/mol. The Balaban J connectivity index is 2.41. The number of rotatable bonds is 6. The molecule has 28 heavy (non-hydrogen) atoms. The quantitative estimate of drug-likeness (QED) is 0.291. The highest BCUT2D eigenvalue weighted by atomic mass is 79.9. The molecule has 2 atom stereocenters. The van der Waals surface area contributed by atoms with E-state index in [2.05, 4.69) is 31.9 Å². The Kier molecular flexibility index (Phi) is 7.36. The Morgan fingerprint density at radius 2 is 1.11 bits per heavy atom. The lowest BCUT2D eigenvalue weighted by molar-refractivity contribution is -0.138. The fraction of sp³-hybridized carbons (Fsp3) is 0.316. The summed E-state index contributed by atoms with van der Waals surface area (Å²) in [5.41, 5.74) is -1.49. The molecule has 1 nitrogen and oxygen atoms in total. The first-order valence-electron chi connectivity index (χ1n) is 7.99. The summed E-state index contributed by atoms with van der Waals surface area (Å²) in [6.07, 6.45) is -9.13. The molecule has 0 aliphatic rings. The zero-order chi connectivity index (χ0) is 21.1. The maximum Gasteiger partial charge on any atom is 0.416 e. The molecular formula is C19H14Br2F6O. The molecule has 0 fully saturated rings. The molecule has 9 heteroatoms. The number of alkyl halides is 8. The van der Waals surface area contributed by atoms with Crippen LogP contribution in [0.2, 0.25) is 0 Å². The van der Waals surface area contributed by atoms with E-state index >= 15 is 0 Å². The first-order chi connectivity index (χ1) is 13.0. The minimum atomic E-state index is -4.56. The van der Waals surface area contributed by atoms with Gasteiger partial charge in [-0.15, -0.1) is 0 Å². The van der Waals surface area contributed by atoms with Gasteiger partial charge in [0.1, 0.15) is 5.78 Å². The van der Waals surface area contributed by atoms with E-state index in [-0.39, 0.29) is 21.8 Å². The molecule has 2 unspecified atom stereocenters. The van der Waals surface area contributed by atoms with Gasteiger partial charge in [0.05, 0.1) is 23.0 Å². The van der Waals surface area contributed by atoms with Gasteiger partial charge in [-0.2, -0.15) is 26.3 Å². The summed E-state index contributed by atoms with van der Waals surface area (Å²) in [7, 11) is 0. The van der Waals surface area contributed by atoms with Gasteiger partial charge in [0.15, 0.2) is 0 Å². The molecule has 2 rings (SSSR count). The summed E-state index contributed by atoms with van der Waals surface area (Å²) >= 11 is 6.29. The van der Waals surface area contributed by atoms with Crippen LogP contribution in [0.5, 0.6) is 0 Å². The van der Waals surface area contributed by atoms with Gasteiger partial charge in [-0.3, -0.25) is 4.79 Å². The topological polar surface area (TPSA) is 17.1 Å². The molecule has 152 valence electrons. The Hall–Kier alpha value is -1.35. The summed E-state index contributed by atoms with van der Waals surface area (Å²) in [6, 6.07) is 8.78. The lowest BCUT2D eigenvalue weighted by atomic mass is 9.85. The molecule has 2 aromatic rings. The van der Waals surface area contributed by atoms with Crippen LogP contribution in [0.3, 0.4) is 0 Å². The third kappa shape index (κ3) is 5.37. The smallest absolute Gasteiger partial charge is 0.298 e. The average Bonchev–Trinajstić information content (AvgIpc) is 2.62. The van der Waals surface area contributed by atoms with Crippen molar-refractivity contribution in [1.82, 2.24) is 0 Å². The van der Waals surface area contributed by atoms with E-state index in [0.29, 0.717) is 0 Å². The van der Waals surface area contributed by atoms with Crippen LogP contribution in [0.25, 0.3) is 0 Å². The molecule has 0 heterocycles. The molecule has 0 amide bonds. The van der Waals surface area contributed by atoms with Gasteiger partial charge in [-0.25, -0.2) is 0 Å². The van der Waals surface area contributed by atoms with Gasteiger partial charge in [0, 0.05) is 10.7 Å². The Morgan fingerprint density at radius 1 is 0.750 bits per heavy atom. The van der Waals surface area contributed by atoms with E-state index in [4.69, 9.17) is 0 Å². The number of ketones is 1. The molecule has 2 aromatic carbocycles. The minimum Gasteiger partial charge on any atom is -0.298 e. The third-order valence-electron chi connectivity index (χ3n) is 4.23. The SMILES string of the molecule is O=C(C(CBr)c1cccc(C(F)(F)F)c1)C(CBr)c1cccc(C(F)(F)F)c1. The van der Waals surface area contributed by atoms with Crippen LogP contribution in [0.15, 0.2) is 48.5 Å². The van der Waals surface area contributed by atoms with Crippen molar-refractivity contribution in [3.8, 4) is 0 Å². The fourth-order valence-electron chi connectivity index (χ4n) is 2.77. The first kappa shape index (κ1) is 22.9. The largest absolute Gasteiger partial charge is 0.416 e. The maximum atomic E-state index is 13.0. The van der Waals surface area contributed by atoms with Crippen LogP contribution in [0, 0.1) is 0 Å². The van der Waals surface area contributed by atoms with Crippen LogP contribution in [0.4, 0.5) is 26.3 Å². The Morgan fingerprint density at radius 3 is 1.39 bits per heavy atom. The first-order valence-corrected chi connectivity index (χ1v) is 10.2. The van der Waals surface area contributed by atoms with Crippen LogP contribution in [0.1, 0.15) is 34.1 Å². The third-order valence-corrected chi connectivity index (χ3v) is 5.52. The van der Waals surface area contributed by atoms with E-state index in [1.54, 1.807) is 0 Å². The summed E-state index contributed by atoms with van der Waals surface area (Å²) in [6.45, 7) is 0. The highest BCUT2D eigenvalue weighted by Gasteiger charge is 2.35. The standard InChI is InChI=1S/C19H14Br2F6O/c20-9-15(11-3-1-5-13(7-11)18(22,23)24)17(28)16(10-21)12-4-2-6-14(8-12)19(25,26)27/h1-8,15-16H,9-10H2. The molecule has 0 bridgehead atoms. The number of carbonyl (C=O) groups excluding carboxylic acids is 1. The predicted octanol–water partition coefficient (Wildman–Crippen LogP) is 6.95. The zero-order valence-electron chi connectivity index (χ0n) is 14.1. The van der Waals surface area contributed by atoms with E-state index in [1.165, 1.54) is 24.3 Å². The Labute approximate surface area is 174 Å². The number of Topliss-reactive ketones (excluding diaryl/α,β-unsaturated/α-hetero) is 1. The molecule has 0 saturated heterocycles. The van der Waals surface area contributed by atoms with E-state index < -0.39 is 41.1 Å². The zero-order valence-corrected chi connectivity index (χ0v) is 17.3. The van der Waals surface area contributed by atoms with Gasteiger partial charge in [0.2, 0.25) is 0 Å². The van der Waals surface area contributed by atoms with Crippen LogP contribution < -0.4 is 0 Å². The molecule has 0 saturated carbocycles. The maximum absolute atomic E-state index is 13.0. The van der Waals surface area contributed by atoms with E-state index in [1.807, 2.05) is 0 Å². The molecule has 0 radical (unpaired) electrons. The van der Waals surface area contributed by atoms with Gasteiger partial charge >= 0.3 is 12.4 Å². The molecule has 0 N–H and O–H groups in total. The van der Waals surface area contributed by atoms with Crippen molar-refractivity contribution in [3.63, 3.8) is 0 Å². The van der Waals surface area contributed by atoms with Crippen molar-refractivity contribution in [2.24, 2.45) is 0 Å². The van der Waals surface area contributed by atoms with Crippen molar-refractivity contribution in [1.29, 1.82) is 0 Å². The van der Waals surface area contributed by atoms with Crippen LogP contribution in [-0.2, 0) is 17.1 Å². The normalized spacial score (nSPS) is 14.6. The van der Waals surface area contributed by atoms with Crippen molar-refractivity contribution in [3.05, 3.63) is 70.8 Å². The molecule has 0 aliphatic heterocycles. The number of hydrogen-bond acceptors (Lipinski definition) is 1. The van der Waals surface area contributed by atoms with Gasteiger partial charge < -0.3 is 0 Å². The predicted molar refractivity (Wildman–Crippen MR) is 101 cm³/mol. The highest BCUT2D eigenvalue weighted by molar-refractivity contribution is 9.09. The summed E-state index contributed by atoms with van der Waals surface area (Å²) in [4.78, 5) is 13.0. The number of carbonyl (C=O) groups is 1. The van der Waals surface area contributed by atoms with Crippen molar-refractivity contribution >= 4 is 37.6 Å². The van der Waals surface area contributed by atoms with Crippen LogP contribution in [-0.4, -0.2) is 16.4 Å². The summed E-state index contributed by atoms with van der Waals surface area (Å²) < 4.78 is 77.8. The number of halogens is 8. The van der Waals surface area contributed by atoms with Crippen molar-refractivity contribution in [2.75, 3.05) is 10.7 Å². The van der Waals surface area contributed by atoms with Crippen molar-refractivity contribution in [2.45, 2.75) is 24.2 Å². The molecule has 0 aliphatic carbocycles. The highest BCUT2D eigenvalue weighted by Crippen LogP contribution is 2.36.